The third-order valence-electron chi connectivity index (χ3n) is 5.37. The third kappa shape index (κ3) is 4.82. The van der Waals surface area contributed by atoms with E-state index in [1.165, 1.54) is 5.56 Å². The van der Waals surface area contributed by atoms with E-state index in [0.29, 0.717) is 6.54 Å². The second-order valence-corrected chi connectivity index (χ2v) is 7.24. The Labute approximate surface area is 150 Å². The van der Waals surface area contributed by atoms with Gasteiger partial charge in [-0.1, -0.05) is 30.3 Å². The number of likely N-dealkylation sites (tertiary alicyclic amines) is 1. The number of piperidine rings is 1. The molecule has 5 heteroatoms. The molecule has 3 rings (SSSR count). The minimum absolute atomic E-state index is 0.0154. The van der Waals surface area contributed by atoms with Crippen LogP contribution in [0.1, 0.15) is 31.7 Å². The van der Waals surface area contributed by atoms with Crippen molar-refractivity contribution in [2.45, 2.75) is 32.7 Å². The van der Waals surface area contributed by atoms with E-state index in [2.05, 4.69) is 29.2 Å². The zero-order chi connectivity index (χ0) is 17.6. The summed E-state index contributed by atoms with van der Waals surface area (Å²) in [5.41, 5.74) is 1.33. The molecule has 0 radical (unpaired) electrons. The van der Waals surface area contributed by atoms with Crippen LogP contribution < -0.4 is 0 Å². The normalized spacial score (nSPS) is 22.5. The summed E-state index contributed by atoms with van der Waals surface area (Å²) in [6.07, 6.45) is 2.86. The van der Waals surface area contributed by atoms with Crippen molar-refractivity contribution in [3.05, 3.63) is 35.9 Å². The molecule has 1 aromatic carbocycles. The number of nitrogens with zero attached hydrogens (tertiary/aromatic N) is 3. The quantitative estimate of drug-likeness (QED) is 0.843. The van der Waals surface area contributed by atoms with Crippen LogP contribution in [-0.2, 0) is 16.1 Å². The van der Waals surface area contributed by atoms with Crippen molar-refractivity contribution >= 4 is 11.8 Å². The number of hydrogen-bond donors (Lipinski definition) is 0. The van der Waals surface area contributed by atoms with Gasteiger partial charge in [-0.25, -0.2) is 0 Å². The van der Waals surface area contributed by atoms with E-state index in [0.717, 1.165) is 58.5 Å². The van der Waals surface area contributed by atoms with E-state index < -0.39 is 0 Å². The maximum atomic E-state index is 12.9. The van der Waals surface area contributed by atoms with Crippen molar-refractivity contribution in [2.75, 3.05) is 39.3 Å². The Hall–Kier alpha value is -1.88. The highest BCUT2D eigenvalue weighted by Crippen LogP contribution is 2.20. The molecule has 0 N–H and O–H groups in total. The van der Waals surface area contributed by atoms with Gasteiger partial charge >= 0.3 is 0 Å². The van der Waals surface area contributed by atoms with E-state index in [-0.39, 0.29) is 17.7 Å². The van der Waals surface area contributed by atoms with Crippen LogP contribution in [0.5, 0.6) is 0 Å². The van der Waals surface area contributed by atoms with Gasteiger partial charge in [0.25, 0.3) is 0 Å². The van der Waals surface area contributed by atoms with Crippen molar-refractivity contribution in [1.82, 2.24) is 14.7 Å². The van der Waals surface area contributed by atoms with E-state index in [1.807, 2.05) is 15.9 Å². The zero-order valence-electron chi connectivity index (χ0n) is 15.2. The lowest BCUT2D eigenvalue weighted by atomic mass is 9.96. The first kappa shape index (κ1) is 17.9. The molecule has 2 saturated heterocycles. The Morgan fingerprint density at radius 1 is 0.960 bits per heavy atom. The first-order valence-corrected chi connectivity index (χ1v) is 9.44. The van der Waals surface area contributed by atoms with Crippen molar-refractivity contribution in [3.8, 4) is 0 Å². The van der Waals surface area contributed by atoms with Gasteiger partial charge in [0.1, 0.15) is 0 Å². The molecule has 2 amide bonds. The lowest BCUT2D eigenvalue weighted by Crippen LogP contribution is -2.47. The molecule has 0 unspecified atom stereocenters. The van der Waals surface area contributed by atoms with Gasteiger partial charge in [-0.05, 0) is 24.8 Å². The maximum Gasteiger partial charge on any atom is 0.227 e. The van der Waals surface area contributed by atoms with Gasteiger partial charge < -0.3 is 9.80 Å². The summed E-state index contributed by atoms with van der Waals surface area (Å²) >= 11 is 0. The predicted molar refractivity (Wildman–Crippen MR) is 97.9 cm³/mol. The predicted octanol–water partition coefficient (Wildman–Crippen LogP) is 1.98. The number of carbonyl (C=O) groups excluding carboxylic acids is 2. The van der Waals surface area contributed by atoms with Crippen molar-refractivity contribution < 1.29 is 9.59 Å². The van der Waals surface area contributed by atoms with Crippen molar-refractivity contribution in [2.24, 2.45) is 5.92 Å². The van der Waals surface area contributed by atoms with E-state index >= 15 is 0 Å². The molecule has 0 bridgehead atoms. The fourth-order valence-electron chi connectivity index (χ4n) is 3.91. The van der Waals surface area contributed by atoms with Gasteiger partial charge in [0.15, 0.2) is 0 Å². The first-order chi connectivity index (χ1) is 12.1. The summed E-state index contributed by atoms with van der Waals surface area (Å²) in [6.45, 7) is 7.52. The lowest BCUT2D eigenvalue weighted by molar-refractivity contribution is -0.140. The van der Waals surface area contributed by atoms with Gasteiger partial charge in [0, 0.05) is 52.7 Å². The average molecular weight is 343 g/mol. The first-order valence-electron chi connectivity index (χ1n) is 9.44. The fraction of sp³-hybridized carbons (Fsp3) is 0.600. The summed E-state index contributed by atoms with van der Waals surface area (Å²) < 4.78 is 0. The SMILES string of the molecule is CC(=O)N1CCC[C@@H](C(=O)N2CCCN(Cc3ccccc3)CC2)C1. The molecular weight excluding hydrogens is 314 g/mol. The Morgan fingerprint density at radius 2 is 1.72 bits per heavy atom. The number of benzene rings is 1. The van der Waals surface area contributed by atoms with Crippen LogP contribution in [0.15, 0.2) is 30.3 Å². The van der Waals surface area contributed by atoms with Crippen molar-refractivity contribution in [3.63, 3.8) is 0 Å². The van der Waals surface area contributed by atoms with E-state index in [4.69, 9.17) is 0 Å². The molecule has 0 spiro atoms. The Morgan fingerprint density at radius 3 is 2.48 bits per heavy atom. The van der Waals surface area contributed by atoms with Crippen LogP contribution in [0.2, 0.25) is 0 Å². The van der Waals surface area contributed by atoms with Crippen LogP contribution in [0.25, 0.3) is 0 Å². The van der Waals surface area contributed by atoms with Gasteiger partial charge in [0.2, 0.25) is 11.8 Å². The molecule has 0 saturated carbocycles. The number of carbonyl (C=O) groups is 2. The number of amides is 2. The molecule has 136 valence electrons. The molecule has 2 aliphatic heterocycles. The summed E-state index contributed by atoms with van der Waals surface area (Å²) in [5.74, 6) is 0.313. The molecule has 2 aliphatic rings. The average Bonchev–Trinajstić information content (AvgIpc) is 2.87. The topological polar surface area (TPSA) is 43.9 Å². The van der Waals surface area contributed by atoms with E-state index in [1.54, 1.807) is 6.92 Å². The Balaban J connectivity index is 1.53. The minimum Gasteiger partial charge on any atom is -0.342 e. The van der Waals surface area contributed by atoms with Gasteiger partial charge in [-0.15, -0.1) is 0 Å². The van der Waals surface area contributed by atoms with Gasteiger partial charge in [-0.3, -0.25) is 14.5 Å². The molecule has 1 aromatic rings. The molecule has 25 heavy (non-hydrogen) atoms. The summed E-state index contributed by atoms with van der Waals surface area (Å²) in [6, 6.07) is 10.5. The monoisotopic (exact) mass is 343 g/mol. The third-order valence-corrected chi connectivity index (χ3v) is 5.37. The summed E-state index contributed by atoms with van der Waals surface area (Å²) in [7, 11) is 0. The zero-order valence-corrected chi connectivity index (χ0v) is 15.2. The van der Waals surface area contributed by atoms with E-state index in [9.17, 15) is 9.59 Å². The summed E-state index contributed by atoms with van der Waals surface area (Å²) in [5, 5.41) is 0. The summed E-state index contributed by atoms with van der Waals surface area (Å²) in [4.78, 5) is 30.8. The van der Waals surface area contributed by atoms with Gasteiger partial charge in [-0.2, -0.15) is 0 Å². The largest absolute Gasteiger partial charge is 0.342 e. The van der Waals surface area contributed by atoms with Crippen molar-refractivity contribution in [1.29, 1.82) is 0 Å². The second kappa shape index (κ2) is 8.48. The molecule has 0 aliphatic carbocycles. The molecule has 0 aromatic heterocycles. The van der Waals surface area contributed by atoms with Crippen LogP contribution in [0, 0.1) is 5.92 Å². The molecule has 5 nitrogen and oxygen atoms in total. The highest BCUT2D eigenvalue weighted by atomic mass is 16.2. The van der Waals surface area contributed by atoms with Crippen LogP contribution >= 0.6 is 0 Å². The number of rotatable bonds is 3. The fourth-order valence-corrected chi connectivity index (χ4v) is 3.91. The minimum atomic E-state index is -0.0154. The lowest BCUT2D eigenvalue weighted by Gasteiger charge is -2.34. The number of hydrogen-bond acceptors (Lipinski definition) is 3. The van der Waals surface area contributed by atoms with Crippen LogP contribution in [0.4, 0.5) is 0 Å². The molecule has 1 atom stereocenters. The molecular formula is C20H29N3O2. The van der Waals surface area contributed by atoms with Crippen LogP contribution in [-0.4, -0.2) is 65.8 Å². The Bertz CT molecular complexity index is 590. The maximum absolute atomic E-state index is 12.9. The second-order valence-electron chi connectivity index (χ2n) is 7.24. The highest BCUT2D eigenvalue weighted by Gasteiger charge is 2.31. The highest BCUT2D eigenvalue weighted by molar-refractivity contribution is 5.80. The molecule has 2 fully saturated rings. The van der Waals surface area contributed by atoms with Crippen LogP contribution in [0.3, 0.4) is 0 Å². The Kier molecular flexibility index (Phi) is 6.08. The molecule has 2 heterocycles. The standard InChI is InChI=1S/C20H29N3O2/c1-17(24)23-11-5-9-19(16-23)20(25)22-12-6-10-21(13-14-22)15-18-7-3-2-4-8-18/h2-4,7-8,19H,5-6,9-16H2,1H3/t19-/m1/s1. The smallest absolute Gasteiger partial charge is 0.227 e. The van der Waals surface area contributed by atoms with Gasteiger partial charge in [0.05, 0.1) is 5.92 Å².